The van der Waals surface area contributed by atoms with E-state index in [1.807, 2.05) is 6.07 Å². The van der Waals surface area contributed by atoms with E-state index in [2.05, 4.69) is 28.7 Å². The van der Waals surface area contributed by atoms with Crippen LogP contribution in [0.3, 0.4) is 0 Å². The maximum atomic E-state index is 11.8. The van der Waals surface area contributed by atoms with Gasteiger partial charge in [0.25, 0.3) is 5.56 Å². The first-order chi connectivity index (χ1) is 10.1. The van der Waals surface area contributed by atoms with E-state index in [1.54, 1.807) is 11.3 Å². The Bertz CT molecular complexity index is 671. The van der Waals surface area contributed by atoms with Crippen molar-refractivity contribution in [3.8, 4) is 0 Å². The van der Waals surface area contributed by atoms with Crippen molar-refractivity contribution < 1.29 is 4.74 Å². The molecule has 0 unspecified atom stereocenters. The number of rotatable bonds is 4. The molecule has 0 radical (unpaired) electrons. The lowest BCUT2D eigenvalue weighted by atomic mass is 9.87. The number of nitrogens with one attached hydrogen (secondary N) is 1. The zero-order valence-corrected chi connectivity index (χ0v) is 13.3. The normalized spacial score (nSPS) is 17.4. The molecule has 2 aromatic rings. The Balaban J connectivity index is 1.75. The summed E-state index contributed by atoms with van der Waals surface area (Å²) in [6.45, 7) is 9.26. The molecule has 0 aromatic carbocycles. The summed E-state index contributed by atoms with van der Waals surface area (Å²) >= 11 is 1.63. The number of H-pyrrole nitrogens is 1. The summed E-state index contributed by atoms with van der Waals surface area (Å²) in [6.07, 6.45) is 2.55. The first-order valence-corrected chi connectivity index (χ1v) is 8.16. The van der Waals surface area contributed by atoms with E-state index in [9.17, 15) is 4.79 Å². The third-order valence-corrected chi connectivity index (χ3v) is 5.57. The van der Waals surface area contributed by atoms with Crippen LogP contribution in [-0.4, -0.2) is 47.7 Å². The summed E-state index contributed by atoms with van der Waals surface area (Å²) in [4.78, 5) is 23.2. The number of ether oxygens (including phenoxy) is 1. The summed E-state index contributed by atoms with van der Waals surface area (Å²) in [6, 6.07) is 2.01. The zero-order valence-electron chi connectivity index (χ0n) is 12.5. The van der Waals surface area contributed by atoms with Gasteiger partial charge in [-0.05, 0) is 19.0 Å². The molecule has 0 aliphatic carbocycles. The fourth-order valence-corrected chi connectivity index (χ4v) is 3.72. The third-order valence-electron chi connectivity index (χ3n) is 4.16. The molecule has 6 heteroatoms. The van der Waals surface area contributed by atoms with Crippen molar-refractivity contribution in [3.63, 3.8) is 0 Å². The summed E-state index contributed by atoms with van der Waals surface area (Å²) in [5.41, 5.74) is 0.00214. The van der Waals surface area contributed by atoms with Gasteiger partial charge in [-0.25, -0.2) is 4.98 Å². The van der Waals surface area contributed by atoms with Crippen LogP contribution in [0.1, 0.15) is 25.1 Å². The topological polar surface area (TPSA) is 58.2 Å². The number of thiophene rings is 1. The Kier molecular flexibility index (Phi) is 4.10. The molecular weight excluding hydrogens is 286 g/mol. The van der Waals surface area contributed by atoms with Gasteiger partial charge in [-0.15, -0.1) is 11.3 Å². The molecule has 3 rings (SSSR count). The number of hydrogen-bond acceptors (Lipinski definition) is 5. The molecule has 1 saturated heterocycles. The first kappa shape index (κ1) is 14.7. The van der Waals surface area contributed by atoms with Gasteiger partial charge < -0.3 is 9.72 Å². The second-order valence-electron chi connectivity index (χ2n) is 6.15. The van der Waals surface area contributed by atoms with E-state index in [1.165, 1.54) is 11.2 Å². The molecule has 0 bridgehead atoms. The van der Waals surface area contributed by atoms with Gasteiger partial charge in [0.1, 0.15) is 4.83 Å². The molecule has 1 fully saturated rings. The number of morpholine rings is 1. The Morgan fingerprint density at radius 1 is 1.43 bits per heavy atom. The predicted octanol–water partition coefficient (Wildman–Crippen LogP) is 1.98. The van der Waals surface area contributed by atoms with Gasteiger partial charge in [0.05, 0.1) is 24.9 Å². The monoisotopic (exact) mass is 307 g/mol. The van der Waals surface area contributed by atoms with Crippen molar-refractivity contribution in [1.29, 1.82) is 0 Å². The summed E-state index contributed by atoms with van der Waals surface area (Å²) in [5, 5.41) is 0.706. The summed E-state index contributed by atoms with van der Waals surface area (Å²) < 4.78 is 5.38. The highest BCUT2D eigenvalue weighted by atomic mass is 32.1. The molecular formula is C15H21N3O2S. The lowest BCUT2D eigenvalue weighted by Gasteiger charge is -2.31. The standard InChI is InChI=1S/C15H21N3O2S/c1-15(2,3-4-18-5-7-20-8-6-18)12-9-11-13(19)16-10-17-14(11)21-12/h9-10H,3-8H2,1-2H3,(H,16,17,19). The molecule has 0 amide bonds. The number of fused-ring (bicyclic) bond motifs is 1. The second kappa shape index (κ2) is 5.87. The summed E-state index contributed by atoms with van der Waals surface area (Å²) in [5.74, 6) is 0. The lowest BCUT2D eigenvalue weighted by Crippen LogP contribution is -2.38. The lowest BCUT2D eigenvalue weighted by molar-refractivity contribution is 0.0351. The van der Waals surface area contributed by atoms with Gasteiger partial charge in [-0.3, -0.25) is 9.69 Å². The Hall–Kier alpha value is -1.24. The fourth-order valence-electron chi connectivity index (χ4n) is 2.59. The molecule has 2 aromatic heterocycles. The van der Waals surface area contributed by atoms with Crippen LogP contribution in [0.25, 0.3) is 10.2 Å². The number of hydrogen-bond donors (Lipinski definition) is 1. The van der Waals surface area contributed by atoms with Crippen molar-refractivity contribution in [2.75, 3.05) is 32.8 Å². The van der Waals surface area contributed by atoms with Gasteiger partial charge in [0, 0.05) is 23.4 Å². The molecule has 0 saturated carbocycles. The molecule has 1 aliphatic heterocycles. The Labute approximate surface area is 128 Å². The van der Waals surface area contributed by atoms with E-state index in [0.29, 0.717) is 5.39 Å². The van der Waals surface area contributed by atoms with Crippen molar-refractivity contribution in [1.82, 2.24) is 14.9 Å². The first-order valence-electron chi connectivity index (χ1n) is 7.34. The maximum Gasteiger partial charge on any atom is 0.259 e. The second-order valence-corrected chi connectivity index (χ2v) is 7.18. The average Bonchev–Trinajstić information content (AvgIpc) is 2.93. The SMILES string of the molecule is CC(C)(CCN1CCOCC1)c1cc2c(=O)[nH]cnc2s1. The molecule has 21 heavy (non-hydrogen) atoms. The molecule has 1 aliphatic rings. The predicted molar refractivity (Wildman–Crippen MR) is 85.1 cm³/mol. The van der Waals surface area contributed by atoms with E-state index in [4.69, 9.17) is 4.74 Å². The molecule has 5 nitrogen and oxygen atoms in total. The highest BCUT2D eigenvalue weighted by Crippen LogP contribution is 2.34. The largest absolute Gasteiger partial charge is 0.379 e. The number of aromatic amines is 1. The van der Waals surface area contributed by atoms with Gasteiger partial charge in [0.2, 0.25) is 0 Å². The smallest absolute Gasteiger partial charge is 0.259 e. The van der Waals surface area contributed by atoms with Gasteiger partial charge in [-0.2, -0.15) is 0 Å². The van der Waals surface area contributed by atoms with Crippen LogP contribution >= 0.6 is 11.3 Å². The van der Waals surface area contributed by atoms with Crippen LogP contribution < -0.4 is 5.56 Å². The minimum atomic E-state index is -0.0496. The van der Waals surface area contributed by atoms with Crippen molar-refractivity contribution >= 4 is 21.6 Å². The Morgan fingerprint density at radius 3 is 2.90 bits per heavy atom. The van der Waals surface area contributed by atoms with Crippen LogP contribution in [0.5, 0.6) is 0 Å². The van der Waals surface area contributed by atoms with Crippen molar-refractivity contribution in [2.24, 2.45) is 0 Å². The minimum Gasteiger partial charge on any atom is -0.379 e. The van der Waals surface area contributed by atoms with Gasteiger partial charge in [-0.1, -0.05) is 13.8 Å². The highest BCUT2D eigenvalue weighted by molar-refractivity contribution is 7.18. The van der Waals surface area contributed by atoms with E-state index in [0.717, 1.165) is 44.1 Å². The maximum absolute atomic E-state index is 11.8. The number of aromatic nitrogens is 2. The average molecular weight is 307 g/mol. The quantitative estimate of drug-likeness (QED) is 0.938. The molecule has 3 heterocycles. The van der Waals surface area contributed by atoms with Crippen LogP contribution in [0.15, 0.2) is 17.2 Å². The highest BCUT2D eigenvalue weighted by Gasteiger charge is 2.25. The van der Waals surface area contributed by atoms with Crippen molar-refractivity contribution in [2.45, 2.75) is 25.7 Å². The summed E-state index contributed by atoms with van der Waals surface area (Å²) in [7, 11) is 0. The Morgan fingerprint density at radius 2 is 2.19 bits per heavy atom. The zero-order chi connectivity index (χ0) is 14.9. The van der Waals surface area contributed by atoms with Gasteiger partial charge >= 0.3 is 0 Å². The van der Waals surface area contributed by atoms with E-state index < -0.39 is 0 Å². The molecule has 114 valence electrons. The van der Waals surface area contributed by atoms with Crippen LogP contribution in [0.2, 0.25) is 0 Å². The number of nitrogens with zero attached hydrogens (tertiary/aromatic N) is 2. The van der Waals surface area contributed by atoms with Crippen LogP contribution in [-0.2, 0) is 10.2 Å². The van der Waals surface area contributed by atoms with E-state index >= 15 is 0 Å². The molecule has 0 atom stereocenters. The fraction of sp³-hybridized carbons (Fsp3) is 0.600. The third kappa shape index (κ3) is 3.17. The van der Waals surface area contributed by atoms with Crippen molar-refractivity contribution in [3.05, 3.63) is 27.6 Å². The molecule has 0 spiro atoms. The minimum absolute atomic E-state index is 0.0496. The van der Waals surface area contributed by atoms with E-state index in [-0.39, 0.29) is 11.0 Å². The van der Waals surface area contributed by atoms with Crippen LogP contribution in [0.4, 0.5) is 0 Å². The molecule has 1 N–H and O–H groups in total. The van der Waals surface area contributed by atoms with Crippen LogP contribution in [0, 0.1) is 0 Å². The van der Waals surface area contributed by atoms with Gasteiger partial charge in [0.15, 0.2) is 0 Å².